The molecule has 3 aromatic rings. The van der Waals surface area contributed by atoms with Crippen molar-refractivity contribution in [3.8, 4) is 23.1 Å². The molecule has 1 aromatic heterocycles. The summed E-state index contributed by atoms with van der Waals surface area (Å²) < 4.78 is 48.3. The first-order valence-corrected chi connectivity index (χ1v) is 13.8. The molecule has 2 aromatic carbocycles. The fourth-order valence-electron chi connectivity index (χ4n) is 4.74. The van der Waals surface area contributed by atoms with Gasteiger partial charge < -0.3 is 9.30 Å². The van der Waals surface area contributed by atoms with Gasteiger partial charge >= 0.3 is 0 Å². The van der Waals surface area contributed by atoms with Gasteiger partial charge in [0.25, 0.3) is 0 Å². The Kier molecular flexibility index (Phi) is 7.36. The van der Waals surface area contributed by atoms with E-state index in [-0.39, 0.29) is 24.3 Å². The highest BCUT2D eigenvalue weighted by Crippen LogP contribution is 2.44. The van der Waals surface area contributed by atoms with Crippen molar-refractivity contribution < 1.29 is 17.5 Å². The molecule has 0 atom stereocenters. The fourth-order valence-corrected chi connectivity index (χ4v) is 6.23. The number of aryl methyl sites for hydroxylation is 1. The average Bonchev–Trinajstić information content (AvgIpc) is 3.09. The van der Waals surface area contributed by atoms with Gasteiger partial charge in [0.2, 0.25) is 10.0 Å². The molecule has 0 unspecified atom stereocenters. The third-order valence-corrected chi connectivity index (χ3v) is 8.09. The molecule has 4 rings (SSSR count). The molecule has 35 heavy (non-hydrogen) atoms. The van der Waals surface area contributed by atoms with E-state index in [1.54, 1.807) is 12.1 Å². The molecule has 8 heteroatoms. The van der Waals surface area contributed by atoms with Gasteiger partial charge in [-0.1, -0.05) is 26.8 Å². The van der Waals surface area contributed by atoms with E-state index in [1.807, 2.05) is 45.0 Å². The van der Waals surface area contributed by atoms with E-state index in [4.69, 9.17) is 4.74 Å². The fraction of sp³-hybridized carbons (Fsp3) is 0.444. The molecule has 1 aliphatic carbocycles. The summed E-state index contributed by atoms with van der Waals surface area (Å²) in [5, 5.41) is 11.0. The molecular formula is C27H32FN3O3S. The lowest BCUT2D eigenvalue weighted by molar-refractivity contribution is 0.273. The second-order valence-corrected chi connectivity index (χ2v) is 11.3. The van der Waals surface area contributed by atoms with Gasteiger partial charge in [-0.2, -0.15) is 5.26 Å². The summed E-state index contributed by atoms with van der Waals surface area (Å²) in [4.78, 5) is 0. The second-order valence-electron chi connectivity index (χ2n) is 9.51. The molecule has 1 aliphatic rings. The highest BCUT2D eigenvalue weighted by molar-refractivity contribution is 7.92. The Morgan fingerprint density at radius 2 is 2.00 bits per heavy atom. The molecule has 1 saturated carbocycles. The summed E-state index contributed by atoms with van der Waals surface area (Å²) in [5.41, 5.74) is 4.64. The molecule has 0 spiro atoms. The molecule has 0 aliphatic heterocycles. The minimum Gasteiger partial charge on any atom is -0.491 e. The Morgan fingerprint density at radius 3 is 2.60 bits per heavy atom. The predicted molar refractivity (Wildman–Crippen MR) is 138 cm³/mol. The molecule has 1 heterocycles. The van der Waals surface area contributed by atoms with E-state index in [0.717, 1.165) is 47.0 Å². The topological polar surface area (TPSA) is 84.1 Å². The van der Waals surface area contributed by atoms with Crippen molar-refractivity contribution in [1.82, 2.24) is 4.57 Å². The lowest BCUT2D eigenvalue weighted by Gasteiger charge is -2.30. The number of anilines is 1. The maximum absolute atomic E-state index is 12.7. The van der Waals surface area contributed by atoms with Crippen LogP contribution in [0.5, 0.6) is 5.75 Å². The number of hydrogen-bond donors (Lipinski definition) is 1. The van der Waals surface area contributed by atoms with Gasteiger partial charge in [-0.15, -0.1) is 0 Å². The minimum atomic E-state index is -3.45. The summed E-state index contributed by atoms with van der Waals surface area (Å²) >= 11 is 0. The number of nitrogens with zero attached hydrogens (tertiary/aromatic N) is 2. The van der Waals surface area contributed by atoms with Crippen LogP contribution in [0.25, 0.3) is 22.2 Å². The maximum Gasteiger partial charge on any atom is 0.232 e. The number of aromatic nitrogens is 1. The van der Waals surface area contributed by atoms with Crippen molar-refractivity contribution in [2.24, 2.45) is 5.92 Å². The van der Waals surface area contributed by atoms with Crippen molar-refractivity contribution in [2.75, 3.05) is 23.8 Å². The average molecular weight is 498 g/mol. The lowest BCUT2D eigenvalue weighted by Crippen LogP contribution is -2.21. The maximum atomic E-state index is 12.7. The van der Waals surface area contributed by atoms with Gasteiger partial charge in [0.05, 0.1) is 28.2 Å². The van der Waals surface area contributed by atoms with Crippen molar-refractivity contribution in [1.29, 1.82) is 5.26 Å². The summed E-state index contributed by atoms with van der Waals surface area (Å²) in [7, 11) is -3.45. The van der Waals surface area contributed by atoms with Crippen LogP contribution in [-0.4, -0.2) is 32.0 Å². The van der Waals surface area contributed by atoms with Crippen molar-refractivity contribution in [3.63, 3.8) is 0 Å². The first kappa shape index (κ1) is 25.1. The van der Waals surface area contributed by atoms with Gasteiger partial charge in [-0.05, 0) is 67.0 Å². The second kappa shape index (κ2) is 10.3. The number of rotatable bonds is 10. The van der Waals surface area contributed by atoms with E-state index in [1.165, 1.54) is 0 Å². The molecule has 0 bridgehead atoms. The largest absolute Gasteiger partial charge is 0.491 e. The molecule has 0 amide bonds. The van der Waals surface area contributed by atoms with Crippen molar-refractivity contribution >= 4 is 26.6 Å². The number of alkyl halides is 1. The Hall–Kier alpha value is -3.05. The SMILES string of the molecule is CCc1cc(-c2c(C#N)c3ccc(OCCF)cc3n2C2CCC2)ccc1NS(=O)(=O)CC(C)C. The summed E-state index contributed by atoms with van der Waals surface area (Å²) in [5.74, 6) is 0.652. The van der Waals surface area contributed by atoms with Gasteiger partial charge in [0.1, 0.15) is 25.1 Å². The number of ether oxygens (including phenoxy) is 1. The van der Waals surface area contributed by atoms with Crippen LogP contribution >= 0.6 is 0 Å². The van der Waals surface area contributed by atoms with E-state index < -0.39 is 16.7 Å². The van der Waals surface area contributed by atoms with E-state index >= 15 is 0 Å². The highest BCUT2D eigenvalue weighted by Gasteiger charge is 2.28. The standard InChI is InChI=1S/C27H32FN3O3S/c1-4-19-14-20(8-11-25(19)30-35(32,33)17-18(2)3)27-24(16-29)23-10-9-22(34-13-12-28)15-26(23)31(27)21-6-5-7-21/h8-11,14-15,18,21,30H,4-7,12-13,17H2,1-3H3. The smallest absolute Gasteiger partial charge is 0.232 e. The molecule has 0 saturated heterocycles. The van der Waals surface area contributed by atoms with Crippen LogP contribution in [0.1, 0.15) is 57.2 Å². The number of nitrogens with one attached hydrogen (secondary N) is 1. The van der Waals surface area contributed by atoms with Crippen LogP contribution in [0.15, 0.2) is 36.4 Å². The quantitative estimate of drug-likeness (QED) is 0.361. The third kappa shape index (κ3) is 5.15. The first-order chi connectivity index (χ1) is 16.8. The normalized spacial score (nSPS) is 14.2. The van der Waals surface area contributed by atoms with Gasteiger partial charge in [0, 0.05) is 17.5 Å². The number of benzene rings is 2. The zero-order chi connectivity index (χ0) is 25.2. The Labute approximate surface area is 206 Å². The number of nitriles is 1. The highest BCUT2D eigenvalue weighted by atomic mass is 32.2. The van der Waals surface area contributed by atoms with Crippen LogP contribution in [0, 0.1) is 17.2 Å². The molecule has 1 N–H and O–H groups in total. The summed E-state index contributed by atoms with van der Waals surface area (Å²) in [6, 6.07) is 13.9. The Balaban J connectivity index is 1.85. The van der Waals surface area contributed by atoms with Crippen LogP contribution < -0.4 is 9.46 Å². The molecule has 6 nitrogen and oxygen atoms in total. The lowest BCUT2D eigenvalue weighted by atomic mass is 9.92. The Morgan fingerprint density at radius 1 is 1.23 bits per heavy atom. The van der Waals surface area contributed by atoms with Gasteiger partial charge in [0.15, 0.2) is 0 Å². The van der Waals surface area contributed by atoms with Crippen LogP contribution in [0.3, 0.4) is 0 Å². The van der Waals surface area contributed by atoms with Gasteiger partial charge in [-0.3, -0.25) is 4.72 Å². The number of halogens is 1. The van der Waals surface area contributed by atoms with E-state index in [9.17, 15) is 18.1 Å². The number of sulfonamides is 1. The zero-order valence-corrected chi connectivity index (χ0v) is 21.3. The minimum absolute atomic E-state index is 0.0123. The van der Waals surface area contributed by atoms with E-state index in [0.29, 0.717) is 23.4 Å². The number of hydrogen-bond acceptors (Lipinski definition) is 4. The Bertz CT molecular complexity index is 1370. The predicted octanol–water partition coefficient (Wildman–Crippen LogP) is 6.21. The summed E-state index contributed by atoms with van der Waals surface area (Å²) in [6.07, 6.45) is 3.80. The molecule has 186 valence electrons. The van der Waals surface area contributed by atoms with Crippen LogP contribution in [0.2, 0.25) is 0 Å². The van der Waals surface area contributed by atoms with Crippen molar-refractivity contribution in [2.45, 2.75) is 52.5 Å². The van der Waals surface area contributed by atoms with Crippen LogP contribution in [0.4, 0.5) is 10.1 Å². The zero-order valence-electron chi connectivity index (χ0n) is 20.5. The summed E-state index contributed by atoms with van der Waals surface area (Å²) in [6.45, 7) is 5.16. The third-order valence-electron chi connectivity index (χ3n) is 6.45. The monoisotopic (exact) mass is 497 g/mol. The molecular weight excluding hydrogens is 465 g/mol. The molecule has 0 radical (unpaired) electrons. The first-order valence-electron chi connectivity index (χ1n) is 12.2. The van der Waals surface area contributed by atoms with Crippen molar-refractivity contribution in [3.05, 3.63) is 47.5 Å². The number of fused-ring (bicyclic) bond motifs is 1. The van der Waals surface area contributed by atoms with Crippen LogP contribution in [-0.2, 0) is 16.4 Å². The van der Waals surface area contributed by atoms with E-state index in [2.05, 4.69) is 15.4 Å². The van der Waals surface area contributed by atoms with Gasteiger partial charge in [-0.25, -0.2) is 12.8 Å². The molecule has 1 fully saturated rings.